The first-order valence-corrected chi connectivity index (χ1v) is 5.93. The second-order valence-electron chi connectivity index (χ2n) is 4.27. The lowest BCUT2D eigenvalue weighted by molar-refractivity contribution is -0.664. The van der Waals surface area contributed by atoms with Gasteiger partial charge in [0, 0.05) is 17.7 Å². The van der Waals surface area contributed by atoms with Crippen molar-refractivity contribution in [2.45, 2.75) is 0 Å². The highest BCUT2D eigenvalue weighted by Gasteiger charge is 2.20. The predicted octanol–water partition coefficient (Wildman–Crippen LogP) is 1.38. The maximum atomic E-state index is 12.3. The summed E-state index contributed by atoms with van der Waals surface area (Å²) in [6, 6.07) is 10.3. The molecule has 0 aliphatic heterocycles. The monoisotopic (exact) mass is 284 g/mol. The van der Waals surface area contributed by atoms with Gasteiger partial charge in [-0.2, -0.15) is 0 Å². The SMILES string of the molecule is O=Cc1ccccc1-n1nc2ccc([N+](=O)[O-])cc2[n+]1[O-]. The Bertz CT molecular complexity index is 872. The number of hydrogen-bond acceptors (Lipinski definition) is 5. The third-order valence-electron chi connectivity index (χ3n) is 3.03. The second kappa shape index (κ2) is 4.67. The number of carbonyl (C=O) groups excluding carboxylic acids is 1. The van der Waals surface area contributed by atoms with Crippen LogP contribution in [0.15, 0.2) is 42.5 Å². The van der Waals surface area contributed by atoms with Crippen LogP contribution in [0.4, 0.5) is 5.69 Å². The maximum Gasteiger partial charge on any atom is 0.274 e. The molecule has 21 heavy (non-hydrogen) atoms. The van der Waals surface area contributed by atoms with Crippen molar-refractivity contribution < 1.29 is 14.6 Å². The van der Waals surface area contributed by atoms with Crippen LogP contribution in [0.2, 0.25) is 0 Å². The number of non-ortho nitro benzene ring substituents is 1. The van der Waals surface area contributed by atoms with E-state index in [0.29, 0.717) is 27.9 Å². The molecular weight excluding hydrogens is 276 g/mol. The number of nitrogens with zero attached hydrogens (tertiary/aromatic N) is 4. The summed E-state index contributed by atoms with van der Waals surface area (Å²) < 4.78 is 0. The summed E-state index contributed by atoms with van der Waals surface area (Å²) in [6.07, 6.45) is 0.615. The van der Waals surface area contributed by atoms with Gasteiger partial charge >= 0.3 is 0 Å². The summed E-state index contributed by atoms with van der Waals surface area (Å²) in [4.78, 5) is 22.6. The smallest absolute Gasteiger partial charge is 0.274 e. The minimum absolute atomic E-state index is 0.0601. The summed E-state index contributed by atoms with van der Waals surface area (Å²) in [5, 5.41) is 27.1. The number of nitro benzene ring substituents is 1. The molecule has 104 valence electrons. The van der Waals surface area contributed by atoms with Gasteiger partial charge in [-0.05, 0) is 16.9 Å². The van der Waals surface area contributed by atoms with E-state index in [2.05, 4.69) is 5.10 Å². The van der Waals surface area contributed by atoms with Gasteiger partial charge in [0.25, 0.3) is 11.2 Å². The molecule has 3 aromatic rings. The van der Waals surface area contributed by atoms with E-state index in [1.54, 1.807) is 24.3 Å². The van der Waals surface area contributed by atoms with Crippen LogP contribution in [0.3, 0.4) is 0 Å². The Morgan fingerprint density at radius 1 is 1.24 bits per heavy atom. The molecule has 1 heterocycles. The Kier molecular flexibility index (Phi) is 2.83. The van der Waals surface area contributed by atoms with E-state index in [0.717, 1.165) is 10.9 Å². The lowest BCUT2D eigenvalue weighted by atomic mass is 10.2. The molecule has 0 amide bonds. The summed E-state index contributed by atoms with van der Waals surface area (Å²) >= 11 is 0. The fourth-order valence-electron chi connectivity index (χ4n) is 2.03. The van der Waals surface area contributed by atoms with Crippen LogP contribution >= 0.6 is 0 Å². The summed E-state index contributed by atoms with van der Waals surface area (Å²) in [5.41, 5.74) is 0.766. The molecule has 0 N–H and O–H groups in total. The molecule has 0 fully saturated rings. The number of hydrogen-bond donors (Lipinski definition) is 0. The molecule has 0 aliphatic carbocycles. The van der Waals surface area contributed by atoms with Crippen LogP contribution in [-0.4, -0.2) is 21.1 Å². The van der Waals surface area contributed by atoms with Crippen molar-refractivity contribution in [3.05, 3.63) is 63.3 Å². The van der Waals surface area contributed by atoms with Gasteiger partial charge < -0.3 is 5.21 Å². The lowest BCUT2D eigenvalue weighted by Crippen LogP contribution is -2.37. The van der Waals surface area contributed by atoms with E-state index in [4.69, 9.17) is 0 Å². The standard InChI is InChI=1S/C13H8N4O4/c18-8-9-3-1-2-4-12(9)15-14-11-6-5-10(17(20)21)7-13(11)16(15)19/h1-8H. The van der Waals surface area contributed by atoms with Gasteiger partial charge in [0.2, 0.25) is 5.52 Å². The fraction of sp³-hybridized carbons (Fsp3) is 0. The molecule has 0 unspecified atom stereocenters. The molecule has 8 heteroatoms. The first-order valence-electron chi connectivity index (χ1n) is 5.93. The van der Waals surface area contributed by atoms with Crippen LogP contribution in [0, 0.1) is 15.3 Å². The van der Waals surface area contributed by atoms with Crippen molar-refractivity contribution in [3.63, 3.8) is 0 Å². The van der Waals surface area contributed by atoms with Crippen molar-refractivity contribution in [3.8, 4) is 5.69 Å². The Hall–Kier alpha value is -3.29. The molecule has 0 aliphatic rings. The highest BCUT2D eigenvalue weighted by Crippen LogP contribution is 2.18. The van der Waals surface area contributed by atoms with E-state index in [1.165, 1.54) is 12.1 Å². The Labute approximate surface area is 117 Å². The average Bonchev–Trinajstić information content (AvgIpc) is 2.83. The molecule has 0 bridgehead atoms. The number of aldehydes is 1. The van der Waals surface area contributed by atoms with Gasteiger partial charge in [-0.15, -0.1) is 4.85 Å². The zero-order chi connectivity index (χ0) is 15.0. The van der Waals surface area contributed by atoms with Gasteiger partial charge in [-0.1, -0.05) is 12.1 Å². The number of aromatic nitrogens is 3. The van der Waals surface area contributed by atoms with Gasteiger partial charge in [0.05, 0.1) is 16.1 Å². The van der Waals surface area contributed by atoms with Crippen LogP contribution in [-0.2, 0) is 0 Å². The Balaban J connectivity index is 2.27. The number of fused-ring (bicyclic) bond motifs is 1. The van der Waals surface area contributed by atoms with Crippen molar-refractivity contribution in [2.24, 2.45) is 0 Å². The molecule has 0 saturated carbocycles. The fourth-order valence-corrected chi connectivity index (χ4v) is 2.03. The first-order chi connectivity index (χ1) is 10.1. The van der Waals surface area contributed by atoms with Crippen molar-refractivity contribution in [1.29, 1.82) is 0 Å². The van der Waals surface area contributed by atoms with E-state index < -0.39 is 4.92 Å². The molecule has 2 aromatic carbocycles. The van der Waals surface area contributed by atoms with Crippen LogP contribution < -0.4 is 4.85 Å². The third kappa shape index (κ3) is 1.98. The molecule has 0 atom stereocenters. The van der Waals surface area contributed by atoms with Crippen molar-refractivity contribution in [1.82, 2.24) is 9.90 Å². The number of para-hydroxylation sites is 1. The minimum atomic E-state index is -0.587. The largest absolute Gasteiger partial charge is 0.692 e. The normalized spacial score (nSPS) is 10.7. The molecular formula is C13H8N4O4. The van der Waals surface area contributed by atoms with Crippen LogP contribution in [0.25, 0.3) is 16.7 Å². The van der Waals surface area contributed by atoms with Crippen LogP contribution in [0.5, 0.6) is 0 Å². The highest BCUT2D eigenvalue weighted by atomic mass is 16.6. The van der Waals surface area contributed by atoms with E-state index in [-0.39, 0.29) is 11.2 Å². The van der Waals surface area contributed by atoms with Crippen LogP contribution in [0.1, 0.15) is 10.4 Å². The topological polar surface area (TPSA) is 105 Å². The Morgan fingerprint density at radius 3 is 2.71 bits per heavy atom. The highest BCUT2D eigenvalue weighted by molar-refractivity contribution is 5.81. The second-order valence-corrected chi connectivity index (χ2v) is 4.27. The molecule has 0 saturated heterocycles. The summed E-state index contributed by atoms with van der Waals surface area (Å²) in [5.74, 6) is 0. The zero-order valence-electron chi connectivity index (χ0n) is 10.5. The number of carbonyl (C=O) groups is 1. The van der Waals surface area contributed by atoms with Crippen molar-refractivity contribution in [2.75, 3.05) is 0 Å². The predicted molar refractivity (Wildman–Crippen MR) is 72.1 cm³/mol. The van der Waals surface area contributed by atoms with E-state index >= 15 is 0 Å². The number of nitro groups is 1. The molecule has 8 nitrogen and oxygen atoms in total. The molecule has 0 spiro atoms. The average molecular weight is 284 g/mol. The van der Waals surface area contributed by atoms with Gasteiger partial charge in [0.15, 0.2) is 6.29 Å². The third-order valence-corrected chi connectivity index (χ3v) is 3.03. The van der Waals surface area contributed by atoms with Gasteiger partial charge in [-0.25, -0.2) is 0 Å². The maximum absolute atomic E-state index is 12.3. The Morgan fingerprint density at radius 2 is 2.00 bits per heavy atom. The zero-order valence-corrected chi connectivity index (χ0v) is 10.5. The number of benzene rings is 2. The summed E-state index contributed by atoms with van der Waals surface area (Å²) in [7, 11) is 0. The minimum Gasteiger partial charge on any atom is -0.692 e. The molecule has 0 radical (unpaired) electrons. The van der Waals surface area contributed by atoms with E-state index in [9.17, 15) is 20.1 Å². The summed E-state index contributed by atoms with van der Waals surface area (Å²) in [6.45, 7) is 0. The number of rotatable bonds is 3. The quantitative estimate of drug-likeness (QED) is 0.237. The first kappa shape index (κ1) is 12.7. The van der Waals surface area contributed by atoms with Gasteiger partial charge in [0.1, 0.15) is 5.69 Å². The van der Waals surface area contributed by atoms with E-state index in [1.807, 2.05) is 0 Å². The van der Waals surface area contributed by atoms with Crippen molar-refractivity contribution >= 4 is 23.0 Å². The molecule has 3 rings (SSSR count). The van der Waals surface area contributed by atoms with Gasteiger partial charge in [-0.3, -0.25) is 14.9 Å². The lowest BCUT2D eigenvalue weighted by Gasteiger charge is -2.05. The molecule has 1 aromatic heterocycles.